The number of aliphatic hydroxyl groups excluding tert-OH is 3. The van der Waals surface area contributed by atoms with Crippen LogP contribution in [-0.4, -0.2) is 67.1 Å². The van der Waals surface area contributed by atoms with E-state index in [0.29, 0.717) is 10.6 Å². The Hall–Kier alpha value is -0.460. The van der Waals surface area contributed by atoms with Crippen molar-refractivity contribution in [2.75, 3.05) is 6.54 Å². The number of benzene rings is 1. The van der Waals surface area contributed by atoms with Gasteiger partial charge >= 0.3 is 42.8 Å². The molecule has 1 rings (SSSR count). The Balaban J connectivity index is 0. The van der Waals surface area contributed by atoms with Gasteiger partial charge in [0, 0.05) is 0 Å². The summed E-state index contributed by atoms with van der Waals surface area (Å²) in [5, 5.41) is 29.5. The van der Waals surface area contributed by atoms with E-state index in [9.17, 15) is 33.5 Å². The Bertz CT molecular complexity index is 622. The fraction of sp³-hybridized carbons (Fsp3) is 0.500. The minimum Gasteiger partial charge on any atom is -0.390 e. The molecule has 0 radical (unpaired) electrons. The van der Waals surface area contributed by atoms with Crippen LogP contribution in [0.15, 0.2) is 30.3 Å². The van der Waals surface area contributed by atoms with Gasteiger partial charge in [-0.1, -0.05) is 30.3 Å². The predicted molar refractivity (Wildman–Crippen MR) is 94.7 cm³/mol. The largest absolute Gasteiger partial charge is 1.00 e. The molecule has 1 amide bonds. The van der Waals surface area contributed by atoms with Crippen molar-refractivity contribution in [3.63, 3.8) is 0 Å². The summed E-state index contributed by atoms with van der Waals surface area (Å²) in [6.07, 6.45) is -8.05. The van der Waals surface area contributed by atoms with Crippen LogP contribution in [0, 0.1) is 6.92 Å². The van der Waals surface area contributed by atoms with Crippen molar-refractivity contribution in [3.05, 3.63) is 42.8 Å². The molecule has 3 atom stereocenters. The smallest absolute Gasteiger partial charge is 0.390 e. The van der Waals surface area contributed by atoms with E-state index in [2.05, 4.69) is 6.92 Å². The van der Waals surface area contributed by atoms with Gasteiger partial charge in [0.2, 0.25) is 6.41 Å². The number of rotatable bonds is 11. The first-order chi connectivity index (χ1) is 13.0. The quantitative estimate of drug-likeness (QED) is 0.0827. The standard InChI is InChI=1S/C14H20F2NO8P.C2H5.Na/c15-14(16,26(22,23)24)6-11(19)13(21)12(20)7-17(9-18)25-8-10-4-2-1-3-5-10;1-2;/h1-5,9,11-13,19-21H,6-8H2,(H2,22,23,24);1H2,2H3;/q;-1;+1/t11-,12+,13-;;/m1../s1. The van der Waals surface area contributed by atoms with Gasteiger partial charge in [-0.2, -0.15) is 15.7 Å². The van der Waals surface area contributed by atoms with Crippen molar-refractivity contribution in [3.8, 4) is 0 Å². The molecule has 0 unspecified atom stereocenters. The van der Waals surface area contributed by atoms with Crippen molar-refractivity contribution in [1.82, 2.24) is 5.06 Å². The summed E-state index contributed by atoms with van der Waals surface area (Å²) in [4.78, 5) is 33.0. The first-order valence-corrected chi connectivity index (χ1v) is 9.66. The average molecular weight is 451 g/mol. The molecule has 0 heterocycles. The van der Waals surface area contributed by atoms with E-state index >= 15 is 0 Å². The molecule has 0 spiro atoms. The van der Waals surface area contributed by atoms with Gasteiger partial charge in [0.25, 0.3) is 0 Å². The van der Waals surface area contributed by atoms with Crippen LogP contribution in [-0.2, 0) is 20.8 Å². The van der Waals surface area contributed by atoms with Gasteiger partial charge in [0.1, 0.15) is 18.8 Å². The zero-order valence-corrected chi connectivity index (χ0v) is 19.0. The van der Waals surface area contributed by atoms with Gasteiger partial charge in [-0.25, -0.2) is 5.06 Å². The van der Waals surface area contributed by atoms with Crippen molar-refractivity contribution < 1.29 is 77.6 Å². The molecule has 0 bridgehead atoms. The number of halogens is 2. The van der Waals surface area contributed by atoms with Crippen LogP contribution in [0.3, 0.4) is 0 Å². The zero-order valence-electron chi connectivity index (χ0n) is 16.1. The van der Waals surface area contributed by atoms with Crippen LogP contribution >= 0.6 is 7.60 Å². The topological polar surface area (TPSA) is 148 Å². The fourth-order valence-corrected chi connectivity index (χ4v) is 2.32. The van der Waals surface area contributed by atoms with E-state index in [1.165, 1.54) is 0 Å². The number of hydroxylamine groups is 2. The number of amides is 1. The molecule has 162 valence electrons. The summed E-state index contributed by atoms with van der Waals surface area (Å²) in [5.74, 6) is 0. The normalized spacial score (nSPS) is 14.5. The molecule has 0 aromatic heterocycles. The molecular weight excluding hydrogens is 426 g/mol. The predicted octanol–water partition coefficient (Wildman–Crippen LogP) is -2.34. The molecule has 0 saturated carbocycles. The maximum Gasteiger partial charge on any atom is 1.00 e. The molecule has 5 N–H and O–H groups in total. The van der Waals surface area contributed by atoms with Crippen LogP contribution in [0.1, 0.15) is 18.9 Å². The van der Waals surface area contributed by atoms with Gasteiger partial charge in [-0.05, 0) is 5.56 Å². The molecule has 29 heavy (non-hydrogen) atoms. The second kappa shape index (κ2) is 14.5. The Morgan fingerprint density at radius 1 is 1.17 bits per heavy atom. The van der Waals surface area contributed by atoms with E-state index in [4.69, 9.17) is 14.6 Å². The van der Waals surface area contributed by atoms with Crippen LogP contribution in [0.4, 0.5) is 8.78 Å². The molecule has 1 aromatic carbocycles. The number of aliphatic hydroxyl groups is 3. The Morgan fingerprint density at radius 2 is 1.69 bits per heavy atom. The molecular formula is C16H25F2NNaO8P. The van der Waals surface area contributed by atoms with Crippen molar-refractivity contribution in [2.24, 2.45) is 0 Å². The summed E-state index contributed by atoms with van der Waals surface area (Å²) in [6.45, 7) is 4.28. The maximum atomic E-state index is 13.2. The summed E-state index contributed by atoms with van der Waals surface area (Å²) >= 11 is 0. The van der Waals surface area contributed by atoms with Gasteiger partial charge < -0.3 is 32.0 Å². The van der Waals surface area contributed by atoms with Crippen molar-refractivity contribution in [1.29, 1.82) is 0 Å². The van der Waals surface area contributed by atoms with Gasteiger partial charge in [-0.15, -0.1) is 0 Å². The van der Waals surface area contributed by atoms with Crippen LogP contribution in [0.5, 0.6) is 0 Å². The second-order valence-electron chi connectivity index (χ2n) is 5.50. The van der Waals surface area contributed by atoms with E-state index in [1.807, 2.05) is 0 Å². The van der Waals surface area contributed by atoms with Gasteiger partial charge in [0.15, 0.2) is 0 Å². The second-order valence-corrected chi connectivity index (χ2v) is 7.25. The maximum absolute atomic E-state index is 13.2. The Labute approximate surface area is 189 Å². The molecule has 0 saturated heterocycles. The summed E-state index contributed by atoms with van der Waals surface area (Å²) in [7, 11) is -5.85. The summed E-state index contributed by atoms with van der Waals surface area (Å²) in [5.41, 5.74) is -3.89. The number of carbonyl (C=O) groups excluding carboxylic acids is 1. The average Bonchev–Trinajstić information content (AvgIpc) is 2.65. The minimum atomic E-state index is -5.85. The van der Waals surface area contributed by atoms with Gasteiger partial charge in [0.05, 0.1) is 19.1 Å². The SMILES string of the molecule is O=CN(C[C@H](O)[C@H](O)[C@H](O)CC(F)(F)P(=O)(O)O)OCc1ccccc1.[CH2-]C.[Na+]. The number of hydrogen-bond donors (Lipinski definition) is 5. The first-order valence-electron chi connectivity index (χ1n) is 8.05. The summed E-state index contributed by atoms with van der Waals surface area (Å²) < 4.78 is 37.1. The van der Waals surface area contributed by atoms with E-state index in [-0.39, 0.29) is 42.6 Å². The molecule has 9 nitrogen and oxygen atoms in total. The van der Waals surface area contributed by atoms with Crippen LogP contribution in [0.25, 0.3) is 0 Å². The van der Waals surface area contributed by atoms with Crippen molar-refractivity contribution >= 4 is 14.0 Å². The molecule has 0 aliphatic heterocycles. The number of carbonyl (C=O) groups is 1. The summed E-state index contributed by atoms with van der Waals surface area (Å²) in [6, 6.07) is 8.60. The van der Waals surface area contributed by atoms with Crippen molar-refractivity contribution in [2.45, 2.75) is 43.9 Å². The Morgan fingerprint density at radius 3 is 2.14 bits per heavy atom. The third-order valence-corrected chi connectivity index (χ3v) is 4.43. The minimum absolute atomic E-state index is 0. The fourth-order valence-electron chi connectivity index (χ4n) is 1.90. The number of hydrogen-bond acceptors (Lipinski definition) is 6. The number of nitrogens with zero attached hydrogens (tertiary/aromatic N) is 1. The first kappa shape index (κ1) is 30.7. The third kappa shape index (κ3) is 10.9. The van der Waals surface area contributed by atoms with Crippen LogP contribution < -0.4 is 29.6 Å². The molecule has 0 aliphatic rings. The molecule has 13 heteroatoms. The molecule has 0 aliphatic carbocycles. The molecule has 1 aromatic rings. The van der Waals surface area contributed by atoms with E-state index in [1.54, 1.807) is 37.3 Å². The number of alkyl halides is 2. The van der Waals surface area contributed by atoms with Gasteiger partial charge in [-0.3, -0.25) is 14.2 Å². The zero-order chi connectivity index (χ0) is 22.0. The van der Waals surface area contributed by atoms with E-state index in [0.717, 1.165) is 0 Å². The molecule has 0 fully saturated rings. The van der Waals surface area contributed by atoms with Crippen LogP contribution in [0.2, 0.25) is 0 Å². The monoisotopic (exact) mass is 451 g/mol. The Kier molecular flexibility index (Phi) is 15.4. The van der Waals surface area contributed by atoms with E-state index < -0.39 is 44.5 Å². The third-order valence-electron chi connectivity index (χ3n) is 3.39.